The fourth-order valence-electron chi connectivity index (χ4n) is 8.91. The van der Waals surface area contributed by atoms with E-state index in [4.69, 9.17) is 5.73 Å². The van der Waals surface area contributed by atoms with Crippen molar-refractivity contribution < 1.29 is 24.0 Å². The largest absolute Gasteiger partial charge is 0.355 e. The number of nitrogens with two attached hydrogens (primary N) is 1. The molecule has 6 heterocycles. The summed E-state index contributed by atoms with van der Waals surface area (Å²) in [5, 5.41) is 17.7. The number of hydrogen-bond acceptors (Lipinski definition) is 14. The highest BCUT2D eigenvalue weighted by Gasteiger charge is 2.39. The van der Waals surface area contributed by atoms with Gasteiger partial charge in [-0.2, -0.15) is 0 Å². The van der Waals surface area contributed by atoms with Crippen molar-refractivity contribution in [2.45, 2.75) is 112 Å². The Hall–Kier alpha value is -5.98. The summed E-state index contributed by atoms with van der Waals surface area (Å²) in [7, 11) is 0. The predicted molar refractivity (Wildman–Crippen MR) is 252 cm³/mol. The summed E-state index contributed by atoms with van der Waals surface area (Å²) in [6.45, 7) is 8.99. The molecular weight excluding hydrogens is 857 g/mol. The zero-order valence-corrected chi connectivity index (χ0v) is 38.5. The Kier molecular flexibility index (Phi) is 15.2. The van der Waals surface area contributed by atoms with Gasteiger partial charge in [-0.15, -0.1) is 10.2 Å². The van der Waals surface area contributed by atoms with Crippen LogP contribution in [0.3, 0.4) is 0 Å². The Morgan fingerprint density at radius 1 is 0.848 bits per heavy atom. The number of unbranched alkanes of at least 4 members (excludes halogenated alkanes) is 5. The van der Waals surface area contributed by atoms with E-state index in [1.165, 1.54) is 23.1 Å². The van der Waals surface area contributed by atoms with E-state index in [9.17, 15) is 24.0 Å². The lowest BCUT2D eigenvalue weighted by atomic mass is 9.91. The van der Waals surface area contributed by atoms with Crippen molar-refractivity contribution in [3.63, 3.8) is 0 Å². The lowest BCUT2D eigenvalue weighted by Gasteiger charge is -2.37. The van der Waals surface area contributed by atoms with Crippen LogP contribution in [0, 0.1) is 0 Å². The second-order valence-corrected chi connectivity index (χ2v) is 19.2. The number of piperidine rings is 2. The van der Waals surface area contributed by atoms with E-state index in [1.54, 1.807) is 18.2 Å². The van der Waals surface area contributed by atoms with Crippen molar-refractivity contribution in [1.82, 2.24) is 40.6 Å². The van der Waals surface area contributed by atoms with Crippen molar-refractivity contribution in [2.75, 3.05) is 60.9 Å². The van der Waals surface area contributed by atoms with Gasteiger partial charge in [-0.3, -0.25) is 34.2 Å². The Labute approximate surface area is 390 Å². The van der Waals surface area contributed by atoms with Crippen LogP contribution in [-0.4, -0.2) is 117 Å². The summed E-state index contributed by atoms with van der Waals surface area (Å²) in [5.41, 5.74) is 9.31. The van der Waals surface area contributed by atoms with Gasteiger partial charge in [0.2, 0.25) is 17.7 Å². The summed E-state index contributed by atoms with van der Waals surface area (Å²) in [6, 6.07) is 16.1. The van der Waals surface area contributed by atoms with Crippen LogP contribution in [0.1, 0.15) is 110 Å². The number of piperazine rings is 1. The van der Waals surface area contributed by atoms with Gasteiger partial charge in [-0.25, -0.2) is 9.97 Å². The number of fused-ring (bicyclic) bond motifs is 1. The maximum absolute atomic E-state index is 13.0. The smallest absolute Gasteiger partial charge is 0.272 e. The molecule has 348 valence electrons. The van der Waals surface area contributed by atoms with Crippen LogP contribution >= 0.6 is 11.8 Å². The number of nitrogens with one attached hydrogen (secondary N) is 3. The highest BCUT2D eigenvalue weighted by atomic mass is 32.2. The molecule has 4 aromatic rings. The third-order valence-corrected chi connectivity index (χ3v) is 13.8. The summed E-state index contributed by atoms with van der Waals surface area (Å²) in [5.74, 6) is 0.319. The van der Waals surface area contributed by atoms with Gasteiger partial charge in [-0.1, -0.05) is 55.6 Å². The average Bonchev–Trinajstić information content (AvgIpc) is 3.64. The van der Waals surface area contributed by atoms with Crippen LogP contribution in [0.2, 0.25) is 0 Å². The number of anilines is 3. The maximum atomic E-state index is 13.0. The van der Waals surface area contributed by atoms with Crippen LogP contribution in [0.5, 0.6) is 0 Å². The quantitative estimate of drug-likeness (QED) is 0.0772. The first-order chi connectivity index (χ1) is 32.0. The number of rotatable bonds is 18. The first-order valence-corrected chi connectivity index (χ1v) is 24.1. The third kappa shape index (κ3) is 12.3. The molecule has 1 atom stereocenters. The van der Waals surface area contributed by atoms with Crippen LogP contribution in [0.25, 0.3) is 0 Å². The minimum atomic E-state index is -0.673. The fraction of sp³-hybridized carbons (Fsp3) is 0.479. The van der Waals surface area contributed by atoms with E-state index in [-0.39, 0.29) is 54.4 Å². The molecule has 2 aromatic heterocycles. The average molecular weight is 917 g/mol. The summed E-state index contributed by atoms with van der Waals surface area (Å²) >= 11 is 1.53. The second-order valence-electron chi connectivity index (χ2n) is 18.1. The van der Waals surface area contributed by atoms with Crippen molar-refractivity contribution in [3.05, 3.63) is 89.4 Å². The molecule has 0 radical (unpaired) electrons. The lowest BCUT2D eigenvalue weighted by molar-refractivity contribution is -0.137. The Bertz CT molecular complexity index is 2360. The van der Waals surface area contributed by atoms with E-state index in [0.717, 1.165) is 129 Å². The van der Waals surface area contributed by atoms with Gasteiger partial charge in [0, 0.05) is 86.9 Å². The summed E-state index contributed by atoms with van der Waals surface area (Å²) in [6.07, 6.45) is 13.0. The van der Waals surface area contributed by atoms with Gasteiger partial charge in [0.05, 0.1) is 12.4 Å². The van der Waals surface area contributed by atoms with E-state index < -0.39 is 11.9 Å². The van der Waals surface area contributed by atoms with Crippen molar-refractivity contribution >= 4 is 58.6 Å². The van der Waals surface area contributed by atoms with Crippen LogP contribution < -0.4 is 31.5 Å². The molecule has 17 nitrogen and oxygen atoms in total. The van der Waals surface area contributed by atoms with Gasteiger partial charge in [0.15, 0.2) is 11.5 Å². The van der Waals surface area contributed by atoms with E-state index in [1.807, 2.05) is 48.8 Å². The lowest BCUT2D eigenvalue weighted by Crippen LogP contribution is -2.52. The standard InChI is InChI=1S/C48H60N12O5S/c1-48(49)18-21-58(22-19-48)41-30-51-44(31-50-41)66-36-10-8-9-35(28-36)53-42(61)11-6-4-2-3-5-7-20-57-23-25-59(26-24-57)40-16-14-38(55-56-40)45(63)52-29-33-12-13-37-34(27-33)32-60(47(37)65)39-15-17-43(62)54-46(39)64/h8-10,12-14,16,27-28,30-31,39H,2-7,11,15,17-26,29,32,49H2,1H3,(H,52,63)(H,53,61)(H,54,62,64). The number of aromatic nitrogens is 4. The maximum Gasteiger partial charge on any atom is 0.272 e. The monoisotopic (exact) mass is 916 g/mol. The number of nitrogens with zero attached hydrogens (tertiary/aromatic N) is 8. The Morgan fingerprint density at radius 3 is 2.36 bits per heavy atom. The molecule has 0 saturated carbocycles. The third-order valence-electron chi connectivity index (χ3n) is 12.9. The molecule has 18 heteroatoms. The normalized spacial score (nSPS) is 18.5. The first-order valence-electron chi connectivity index (χ1n) is 23.3. The van der Waals surface area contributed by atoms with E-state index in [2.05, 4.69) is 57.7 Å². The van der Waals surface area contributed by atoms with Crippen molar-refractivity contribution in [1.29, 1.82) is 0 Å². The molecule has 4 aliphatic rings. The predicted octanol–water partition coefficient (Wildman–Crippen LogP) is 4.92. The van der Waals surface area contributed by atoms with E-state index >= 15 is 0 Å². The number of carbonyl (C=O) groups excluding carboxylic acids is 5. The van der Waals surface area contributed by atoms with Crippen molar-refractivity contribution in [3.8, 4) is 0 Å². The topological polar surface area (TPSA) is 212 Å². The molecule has 1 unspecified atom stereocenters. The van der Waals surface area contributed by atoms with Crippen molar-refractivity contribution in [2.24, 2.45) is 5.73 Å². The minimum absolute atomic E-state index is 0.0374. The molecule has 0 bridgehead atoms. The van der Waals surface area contributed by atoms with Gasteiger partial charge < -0.3 is 31.1 Å². The molecule has 3 fully saturated rings. The Balaban J connectivity index is 0.660. The van der Waals surface area contributed by atoms with Crippen LogP contribution in [-0.2, 0) is 27.5 Å². The SMILES string of the molecule is CC1(N)CCN(c2cnc(Sc3cccc(NC(=O)CCCCCCCCN4CCN(c5ccc(C(=O)NCc6ccc7c(c6)CN(C6CCC(=O)NC6=O)C7=O)nn5)CC4)c3)cn2)CC1. The Morgan fingerprint density at radius 2 is 1.62 bits per heavy atom. The molecule has 8 rings (SSSR count). The molecule has 2 aromatic carbocycles. The molecule has 66 heavy (non-hydrogen) atoms. The minimum Gasteiger partial charge on any atom is -0.355 e. The van der Waals surface area contributed by atoms with Crippen LogP contribution in [0.15, 0.2) is 76.9 Å². The summed E-state index contributed by atoms with van der Waals surface area (Å²) in [4.78, 5) is 81.3. The zero-order valence-electron chi connectivity index (χ0n) is 37.7. The van der Waals surface area contributed by atoms with Gasteiger partial charge in [0.1, 0.15) is 16.9 Å². The number of amides is 5. The van der Waals surface area contributed by atoms with Gasteiger partial charge >= 0.3 is 0 Å². The molecule has 0 spiro atoms. The van der Waals surface area contributed by atoms with Crippen LogP contribution in [0.4, 0.5) is 17.3 Å². The zero-order chi connectivity index (χ0) is 46.0. The number of carbonyl (C=O) groups is 5. The first kappa shape index (κ1) is 46.5. The second kappa shape index (κ2) is 21.5. The highest BCUT2D eigenvalue weighted by molar-refractivity contribution is 7.99. The number of imide groups is 1. The fourth-order valence-corrected chi connectivity index (χ4v) is 9.69. The molecule has 4 aliphatic heterocycles. The van der Waals surface area contributed by atoms with Gasteiger partial charge in [0.25, 0.3) is 11.8 Å². The molecular formula is C48H60N12O5S. The number of benzene rings is 2. The number of hydrogen-bond donors (Lipinski definition) is 4. The molecule has 5 amide bonds. The van der Waals surface area contributed by atoms with E-state index in [0.29, 0.717) is 18.4 Å². The highest BCUT2D eigenvalue weighted by Crippen LogP contribution is 2.31. The molecule has 5 N–H and O–H groups in total. The van der Waals surface area contributed by atoms with Gasteiger partial charge in [-0.05, 0) is 93.1 Å². The molecule has 0 aliphatic carbocycles. The summed E-state index contributed by atoms with van der Waals surface area (Å²) < 4.78 is 0. The molecule has 3 saturated heterocycles.